The van der Waals surface area contributed by atoms with Gasteiger partial charge in [-0.15, -0.1) is 0 Å². The van der Waals surface area contributed by atoms with Crippen LogP contribution in [-0.2, 0) is 4.74 Å². The molecule has 0 aromatic heterocycles. The lowest BCUT2D eigenvalue weighted by Gasteiger charge is -2.31. The molecule has 1 fully saturated rings. The van der Waals surface area contributed by atoms with Crippen molar-refractivity contribution in [3.05, 3.63) is 30.1 Å². The minimum absolute atomic E-state index is 0.124. The molecule has 0 aliphatic carbocycles. The van der Waals surface area contributed by atoms with E-state index in [0.29, 0.717) is 13.2 Å². The molecule has 1 saturated heterocycles. The molecule has 1 heterocycles. The number of anilines is 1. The van der Waals surface area contributed by atoms with Gasteiger partial charge >= 0.3 is 0 Å². The molecule has 0 amide bonds. The van der Waals surface area contributed by atoms with Crippen LogP contribution in [0.25, 0.3) is 0 Å². The summed E-state index contributed by atoms with van der Waals surface area (Å²) < 4.78 is 18.2. The Kier molecular flexibility index (Phi) is 3.64. The summed E-state index contributed by atoms with van der Waals surface area (Å²) in [6, 6.07) is 6.39. The Labute approximate surface area is 101 Å². The predicted molar refractivity (Wildman–Crippen MR) is 64.6 cm³/mol. The van der Waals surface area contributed by atoms with Crippen LogP contribution in [0, 0.1) is 11.2 Å². The summed E-state index contributed by atoms with van der Waals surface area (Å²) in [5.41, 5.74) is 0.773. The predicted octanol–water partition coefficient (Wildman–Crippen LogP) is 1.66. The number of hydrogen-bond donors (Lipinski definition) is 1. The van der Waals surface area contributed by atoms with Gasteiger partial charge in [0.05, 0.1) is 13.2 Å². The summed E-state index contributed by atoms with van der Waals surface area (Å²) >= 11 is 0. The minimum Gasteiger partial charge on any atom is -0.396 e. The molecule has 94 valence electrons. The Morgan fingerprint density at radius 2 is 2.12 bits per heavy atom. The molecule has 1 aliphatic rings. The van der Waals surface area contributed by atoms with E-state index in [9.17, 15) is 9.50 Å². The zero-order chi connectivity index (χ0) is 12.3. The molecule has 0 bridgehead atoms. The van der Waals surface area contributed by atoms with Crippen LogP contribution in [0.4, 0.5) is 10.1 Å². The third-order valence-electron chi connectivity index (χ3n) is 3.36. The first-order valence-electron chi connectivity index (χ1n) is 5.81. The fraction of sp³-hybridized carbons (Fsp3) is 0.538. The summed E-state index contributed by atoms with van der Waals surface area (Å²) in [5.74, 6) is -0.233. The smallest absolute Gasteiger partial charge is 0.123 e. The van der Waals surface area contributed by atoms with Crippen molar-refractivity contribution in [2.75, 3.05) is 38.3 Å². The number of aliphatic hydroxyl groups excluding tert-OH is 1. The molecule has 1 N–H and O–H groups in total. The molecular weight excluding hydrogens is 221 g/mol. The Balaban J connectivity index is 2.05. The molecular formula is C13H18FNO2. The first kappa shape index (κ1) is 12.3. The average Bonchev–Trinajstić information content (AvgIpc) is 2.79. The van der Waals surface area contributed by atoms with Gasteiger partial charge in [-0.25, -0.2) is 4.39 Å². The van der Waals surface area contributed by atoms with Crippen molar-refractivity contribution in [1.82, 2.24) is 0 Å². The van der Waals surface area contributed by atoms with E-state index in [4.69, 9.17) is 4.74 Å². The van der Waals surface area contributed by atoms with E-state index in [1.165, 1.54) is 12.1 Å². The fourth-order valence-electron chi connectivity index (χ4n) is 2.24. The SMILES string of the molecule is CN(CC1(CO)CCOC1)c1ccc(F)cc1. The van der Waals surface area contributed by atoms with E-state index >= 15 is 0 Å². The molecule has 1 aromatic carbocycles. The van der Waals surface area contributed by atoms with Crippen molar-refractivity contribution >= 4 is 5.69 Å². The Bertz CT molecular complexity index is 360. The van der Waals surface area contributed by atoms with Gasteiger partial charge in [0.2, 0.25) is 0 Å². The summed E-state index contributed by atoms with van der Waals surface area (Å²) in [5, 5.41) is 9.49. The zero-order valence-electron chi connectivity index (χ0n) is 10.0. The van der Waals surface area contributed by atoms with E-state index in [-0.39, 0.29) is 17.8 Å². The van der Waals surface area contributed by atoms with Crippen LogP contribution in [0.5, 0.6) is 0 Å². The first-order valence-corrected chi connectivity index (χ1v) is 5.81. The van der Waals surface area contributed by atoms with Gasteiger partial charge in [0.25, 0.3) is 0 Å². The van der Waals surface area contributed by atoms with E-state index in [1.54, 1.807) is 12.1 Å². The van der Waals surface area contributed by atoms with Gasteiger partial charge in [-0.2, -0.15) is 0 Å². The molecule has 2 rings (SSSR count). The number of rotatable bonds is 4. The maximum absolute atomic E-state index is 12.8. The van der Waals surface area contributed by atoms with Gasteiger partial charge in [-0.3, -0.25) is 0 Å². The third kappa shape index (κ3) is 2.76. The van der Waals surface area contributed by atoms with Crippen LogP contribution in [0.2, 0.25) is 0 Å². The maximum atomic E-state index is 12.8. The number of aliphatic hydroxyl groups is 1. The van der Waals surface area contributed by atoms with Crippen LogP contribution < -0.4 is 4.90 Å². The second-order valence-corrected chi connectivity index (χ2v) is 4.79. The van der Waals surface area contributed by atoms with E-state index < -0.39 is 0 Å². The van der Waals surface area contributed by atoms with Crippen molar-refractivity contribution in [2.24, 2.45) is 5.41 Å². The number of ether oxygens (including phenoxy) is 1. The second-order valence-electron chi connectivity index (χ2n) is 4.79. The lowest BCUT2D eigenvalue weighted by Crippen LogP contribution is -2.39. The molecule has 17 heavy (non-hydrogen) atoms. The quantitative estimate of drug-likeness (QED) is 0.867. The highest BCUT2D eigenvalue weighted by atomic mass is 19.1. The van der Waals surface area contributed by atoms with Gasteiger partial charge in [-0.05, 0) is 30.7 Å². The summed E-state index contributed by atoms with van der Waals surface area (Å²) in [7, 11) is 1.95. The first-order chi connectivity index (χ1) is 8.15. The third-order valence-corrected chi connectivity index (χ3v) is 3.36. The maximum Gasteiger partial charge on any atom is 0.123 e. The monoisotopic (exact) mass is 239 g/mol. The molecule has 1 aliphatic heterocycles. The van der Waals surface area contributed by atoms with Crippen LogP contribution in [-0.4, -0.2) is 38.5 Å². The summed E-state index contributed by atoms with van der Waals surface area (Å²) in [6.07, 6.45) is 0.870. The van der Waals surface area contributed by atoms with Gasteiger partial charge in [-0.1, -0.05) is 0 Å². The number of hydrogen-bond acceptors (Lipinski definition) is 3. The molecule has 0 radical (unpaired) electrons. The lowest BCUT2D eigenvalue weighted by atomic mass is 9.88. The standard InChI is InChI=1S/C13H18FNO2/c1-15(12-4-2-11(14)3-5-12)8-13(9-16)6-7-17-10-13/h2-5,16H,6-10H2,1H3. The molecule has 1 aromatic rings. The Morgan fingerprint density at radius 1 is 1.41 bits per heavy atom. The molecule has 4 heteroatoms. The van der Waals surface area contributed by atoms with E-state index in [2.05, 4.69) is 0 Å². The highest BCUT2D eigenvalue weighted by Gasteiger charge is 2.35. The largest absolute Gasteiger partial charge is 0.396 e. The van der Waals surface area contributed by atoms with Crippen LogP contribution in [0.15, 0.2) is 24.3 Å². The highest BCUT2D eigenvalue weighted by molar-refractivity contribution is 5.45. The fourth-order valence-corrected chi connectivity index (χ4v) is 2.24. The van der Waals surface area contributed by atoms with Crippen molar-refractivity contribution in [2.45, 2.75) is 6.42 Å². The molecule has 3 nitrogen and oxygen atoms in total. The summed E-state index contributed by atoms with van der Waals surface area (Å²) in [4.78, 5) is 2.03. The van der Waals surface area contributed by atoms with Crippen molar-refractivity contribution in [3.63, 3.8) is 0 Å². The van der Waals surface area contributed by atoms with Crippen molar-refractivity contribution in [3.8, 4) is 0 Å². The minimum atomic E-state index is -0.233. The Hall–Kier alpha value is -1.13. The van der Waals surface area contributed by atoms with E-state index in [0.717, 1.165) is 18.7 Å². The average molecular weight is 239 g/mol. The van der Waals surface area contributed by atoms with E-state index in [1.807, 2.05) is 11.9 Å². The molecule has 0 spiro atoms. The highest BCUT2D eigenvalue weighted by Crippen LogP contribution is 2.30. The second kappa shape index (κ2) is 5.02. The number of benzene rings is 1. The number of halogens is 1. The molecule has 1 unspecified atom stereocenters. The van der Waals surface area contributed by atoms with Crippen molar-refractivity contribution < 1.29 is 14.2 Å². The molecule has 1 atom stereocenters. The normalized spacial score (nSPS) is 23.9. The lowest BCUT2D eigenvalue weighted by molar-refractivity contribution is 0.0986. The Morgan fingerprint density at radius 3 is 2.65 bits per heavy atom. The van der Waals surface area contributed by atoms with Crippen LogP contribution in [0.1, 0.15) is 6.42 Å². The van der Waals surface area contributed by atoms with Crippen molar-refractivity contribution in [1.29, 1.82) is 0 Å². The topological polar surface area (TPSA) is 32.7 Å². The van der Waals surface area contributed by atoms with Gasteiger partial charge in [0.15, 0.2) is 0 Å². The van der Waals surface area contributed by atoms with Gasteiger partial charge in [0, 0.05) is 31.3 Å². The van der Waals surface area contributed by atoms with Gasteiger partial charge < -0.3 is 14.7 Å². The molecule has 0 saturated carbocycles. The van der Waals surface area contributed by atoms with Gasteiger partial charge in [0.1, 0.15) is 5.82 Å². The number of nitrogens with zero attached hydrogens (tertiary/aromatic N) is 1. The zero-order valence-corrected chi connectivity index (χ0v) is 10.0. The summed E-state index contributed by atoms with van der Waals surface area (Å²) in [6.45, 7) is 2.14. The van der Waals surface area contributed by atoms with Crippen LogP contribution >= 0.6 is 0 Å². The van der Waals surface area contributed by atoms with Crippen LogP contribution in [0.3, 0.4) is 0 Å².